The molecule has 1 aromatic carbocycles. The van der Waals surface area contributed by atoms with Crippen LogP contribution in [-0.2, 0) is 16.1 Å². The fourth-order valence-electron chi connectivity index (χ4n) is 1.37. The first kappa shape index (κ1) is 13.7. The number of amides is 1. The second-order valence-electron chi connectivity index (χ2n) is 3.93. The number of benzene rings is 1. The van der Waals surface area contributed by atoms with Gasteiger partial charge in [0.15, 0.2) is 0 Å². The first-order valence-corrected chi connectivity index (χ1v) is 5.85. The maximum absolute atomic E-state index is 10.7. The SMILES string of the molecule is CC(OCCCNCc1ccccc1)C(N)=O. The Morgan fingerprint density at radius 2 is 2.12 bits per heavy atom. The summed E-state index contributed by atoms with van der Waals surface area (Å²) in [6.07, 6.45) is 0.369. The van der Waals surface area contributed by atoms with Crippen LogP contribution in [0.3, 0.4) is 0 Å². The quantitative estimate of drug-likeness (QED) is 0.663. The predicted molar refractivity (Wildman–Crippen MR) is 67.4 cm³/mol. The Kier molecular flexibility index (Phi) is 6.29. The zero-order valence-corrected chi connectivity index (χ0v) is 10.2. The first-order chi connectivity index (χ1) is 8.20. The third-order valence-electron chi connectivity index (χ3n) is 2.44. The number of carbonyl (C=O) groups excluding carboxylic acids is 1. The predicted octanol–water partition coefficient (Wildman–Crippen LogP) is 1.06. The third-order valence-corrected chi connectivity index (χ3v) is 2.44. The van der Waals surface area contributed by atoms with Gasteiger partial charge in [0.25, 0.3) is 0 Å². The molecule has 0 aromatic heterocycles. The van der Waals surface area contributed by atoms with E-state index in [0.29, 0.717) is 6.61 Å². The Balaban J connectivity index is 2.00. The van der Waals surface area contributed by atoms with Crippen molar-refractivity contribution in [2.24, 2.45) is 5.73 Å². The minimum Gasteiger partial charge on any atom is -0.369 e. The Hall–Kier alpha value is -1.39. The highest BCUT2D eigenvalue weighted by atomic mass is 16.5. The first-order valence-electron chi connectivity index (χ1n) is 5.85. The minimum atomic E-state index is -0.496. The molecule has 1 rings (SSSR count). The van der Waals surface area contributed by atoms with Gasteiger partial charge < -0.3 is 15.8 Å². The van der Waals surface area contributed by atoms with Crippen LogP contribution in [-0.4, -0.2) is 25.2 Å². The molecule has 0 saturated heterocycles. The Morgan fingerprint density at radius 1 is 1.41 bits per heavy atom. The number of nitrogens with one attached hydrogen (secondary N) is 1. The molecule has 0 spiro atoms. The topological polar surface area (TPSA) is 64.3 Å². The maximum Gasteiger partial charge on any atom is 0.246 e. The van der Waals surface area contributed by atoms with Crippen molar-refractivity contribution >= 4 is 5.91 Å². The van der Waals surface area contributed by atoms with Gasteiger partial charge in [0.1, 0.15) is 6.10 Å². The summed E-state index contributed by atoms with van der Waals surface area (Å²) in [7, 11) is 0. The van der Waals surface area contributed by atoms with Gasteiger partial charge in [-0.05, 0) is 25.5 Å². The molecule has 4 heteroatoms. The van der Waals surface area contributed by atoms with Gasteiger partial charge in [0, 0.05) is 13.2 Å². The summed E-state index contributed by atoms with van der Waals surface area (Å²) in [4.78, 5) is 10.7. The second kappa shape index (κ2) is 7.81. The summed E-state index contributed by atoms with van der Waals surface area (Å²) in [6.45, 7) is 3.93. The number of ether oxygens (including phenoxy) is 1. The van der Waals surface area contributed by atoms with Gasteiger partial charge in [-0.2, -0.15) is 0 Å². The molecular weight excluding hydrogens is 216 g/mol. The van der Waals surface area contributed by atoms with Crippen molar-refractivity contribution < 1.29 is 9.53 Å². The molecule has 0 aliphatic carbocycles. The molecule has 3 N–H and O–H groups in total. The van der Waals surface area contributed by atoms with E-state index < -0.39 is 12.0 Å². The van der Waals surface area contributed by atoms with E-state index in [9.17, 15) is 4.79 Å². The van der Waals surface area contributed by atoms with Crippen molar-refractivity contribution in [2.75, 3.05) is 13.2 Å². The lowest BCUT2D eigenvalue weighted by Crippen LogP contribution is -2.29. The summed E-state index contributed by atoms with van der Waals surface area (Å²) in [5.41, 5.74) is 6.34. The van der Waals surface area contributed by atoms with Crippen LogP contribution in [0, 0.1) is 0 Å². The maximum atomic E-state index is 10.7. The molecule has 4 nitrogen and oxygen atoms in total. The molecule has 0 aliphatic rings. The second-order valence-corrected chi connectivity index (χ2v) is 3.93. The Morgan fingerprint density at radius 3 is 2.76 bits per heavy atom. The molecule has 0 saturated carbocycles. The summed E-state index contributed by atoms with van der Waals surface area (Å²) in [6, 6.07) is 10.2. The Bertz CT molecular complexity index is 327. The average molecular weight is 236 g/mol. The number of rotatable bonds is 8. The smallest absolute Gasteiger partial charge is 0.246 e. The van der Waals surface area contributed by atoms with Gasteiger partial charge in [0.05, 0.1) is 0 Å². The standard InChI is InChI=1S/C13H20N2O2/c1-11(13(14)16)17-9-5-8-15-10-12-6-3-2-4-7-12/h2-4,6-7,11,15H,5,8-10H2,1H3,(H2,14,16). The summed E-state index contributed by atoms with van der Waals surface area (Å²) in [5, 5.41) is 3.31. The van der Waals surface area contributed by atoms with E-state index in [1.165, 1.54) is 5.56 Å². The molecule has 0 bridgehead atoms. The van der Waals surface area contributed by atoms with Gasteiger partial charge in [-0.1, -0.05) is 30.3 Å². The van der Waals surface area contributed by atoms with E-state index >= 15 is 0 Å². The lowest BCUT2D eigenvalue weighted by molar-refractivity contribution is -0.128. The van der Waals surface area contributed by atoms with E-state index in [4.69, 9.17) is 10.5 Å². The van der Waals surface area contributed by atoms with Crippen molar-refractivity contribution in [3.63, 3.8) is 0 Å². The molecule has 1 aromatic rings. The highest BCUT2D eigenvalue weighted by Crippen LogP contribution is 1.97. The van der Waals surface area contributed by atoms with Crippen LogP contribution in [0.25, 0.3) is 0 Å². The third kappa shape index (κ3) is 6.04. The number of primary amides is 1. The molecule has 1 unspecified atom stereocenters. The average Bonchev–Trinajstić information content (AvgIpc) is 2.34. The van der Waals surface area contributed by atoms with Gasteiger partial charge in [-0.25, -0.2) is 0 Å². The van der Waals surface area contributed by atoms with Crippen LogP contribution in [0.1, 0.15) is 18.9 Å². The van der Waals surface area contributed by atoms with Gasteiger partial charge in [-0.15, -0.1) is 0 Å². The Labute approximate surface area is 102 Å². The zero-order chi connectivity index (χ0) is 12.5. The van der Waals surface area contributed by atoms with Crippen LogP contribution in [0.4, 0.5) is 0 Å². The van der Waals surface area contributed by atoms with E-state index in [1.54, 1.807) is 6.92 Å². The fraction of sp³-hybridized carbons (Fsp3) is 0.462. The normalized spacial score (nSPS) is 12.3. The van der Waals surface area contributed by atoms with Crippen molar-refractivity contribution in [3.8, 4) is 0 Å². The van der Waals surface area contributed by atoms with Crippen LogP contribution in [0.15, 0.2) is 30.3 Å². The van der Waals surface area contributed by atoms with Crippen LogP contribution < -0.4 is 11.1 Å². The molecular formula is C13H20N2O2. The molecule has 0 radical (unpaired) electrons. The van der Waals surface area contributed by atoms with Crippen LogP contribution >= 0.6 is 0 Å². The highest BCUT2D eigenvalue weighted by molar-refractivity contribution is 5.78. The monoisotopic (exact) mass is 236 g/mol. The summed E-state index contributed by atoms with van der Waals surface area (Å²) < 4.78 is 5.24. The lowest BCUT2D eigenvalue weighted by atomic mass is 10.2. The van der Waals surface area contributed by atoms with Gasteiger partial charge in [0.2, 0.25) is 5.91 Å². The number of nitrogens with two attached hydrogens (primary N) is 1. The van der Waals surface area contributed by atoms with Crippen LogP contribution in [0.5, 0.6) is 0 Å². The summed E-state index contributed by atoms with van der Waals surface area (Å²) >= 11 is 0. The summed E-state index contributed by atoms with van der Waals surface area (Å²) in [5.74, 6) is -0.415. The van der Waals surface area contributed by atoms with Gasteiger partial charge >= 0.3 is 0 Å². The van der Waals surface area contributed by atoms with Gasteiger partial charge in [-0.3, -0.25) is 4.79 Å². The van der Waals surface area contributed by atoms with Crippen LogP contribution in [0.2, 0.25) is 0 Å². The molecule has 94 valence electrons. The van der Waals surface area contributed by atoms with Crippen molar-refractivity contribution in [1.29, 1.82) is 0 Å². The lowest BCUT2D eigenvalue weighted by Gasteiger charge is -2.09. The molecule has 17 heavy (non-hydrogen) atoms. The number of hydrogen-bond donors (Lipinski definition) is 2. The molecule has 1 atom stereocenters. The fourth-order valence-corrected chi connectivity index (χ4v) is 1.37. The largest absolute Gasteiger partial charge is 0.369 e. The minimum absolute atomic E-state index is 0.415. The zero-order valence-electron chi connectivity index (χ0n) is 10.2. The number of hydrogen-bond acceptors (Lipinski definition) is 3. The van der Waals surface area contributed by atoms with E-state index in [0.717, 1.165) is 19.5 Å². The van der Waals surface area contributed by atoms with E-state index in [-0.39, 0.29) is 0 Å². The van der Waals surface area contributed by atoms with Crippen molar-refractivity contribution in [1.82, 2.24) is 5.32 Å². The molecule has 0 fully saturated rings. The van der Waals surface area contributed by atoms with E-state index in [2.05, 4.69) is 17.4 Å². The van der Waals surface area contributed by atoms with E-state index in [1.807, 2.05) is 18.2 Å². The highest BCUT2D eigenvalue weighted by Gasteiger charge is 2.07. The molecule has 0 heterocycles. The molecule has 1 amide bonds. The number of carbonyl (C=O) groups is 1. The molecule has 0 aliphatic heterocycles. The van der Waals surface area contributed by atoms with Crippen molar-refractivity contribution in [3.05, 3.63) is 35.9 Å². The van der Waals surface area contributed by atoms with Crippen molar-refractivity contribution in [2.45, 2.75) is 26.0 Å².